The highest BCUT2D eigenvalue weighted by Crippen LogP contribution is 2.55. The van der Waals surface area contributed by atoms with E-state index in [0.717, 1.165) is 82.9 Å². The molecule has 8 aliphatic carbocycles. The van der Waals surface area contributed by atoms with Gasteiger partial charge in [-0.15, -0.1) is 0 Å². The van der Waals surface area contributed by atoms with Gasteiger partial charge in [-0.3, -0.25) is 0 Å². The maximum atomic E-state index is 4.33. The summed E-state index contributed by atoms with van der Waals surface area (Å²) >= 11 is 0. The zero-order valence-corrected chi connectivity index (χ0v) is 36.1. The molecule has 0 aromatic rings. The van der Waals surface area contributed by atoms with Crippen LogP contribution in [0, 0.1) is 82.9 Å². The summed E-state index contributed by atoms with van der Waals surface area (Å²) in [5.41, 5.74) is 6.25. The summed E-state index contributed by atoms with van der Waals surface area (Å²) in [5, 5.41) is 0. The fourth-order valence-electron chi connectivity index (χ4n) is 15.6. The summed E-state index contributed by atoms with van der Waals surface area (Å²) in [6, 6.07) is 0. The van der Waals surface area contributed by atoms with Crippen molar-refractivity contribution in [2.75, 3.05) is 0 Å². The van der Waals surface area contributed by atoms with Crippen LogP contribution in [0.1, 0.15) is 206 Å². The Morgan fingerprint density at radius 1 is 0.407 bits per heavy atom. The molecule has 0 aromatic heterocycles. The maximum Gasteiger partial charge on any atom is -0.0289 e. The van der Waals surface area contributed by atoms with Crippen LogP contribution in [0.4, 0.5) is 0 Å². The summed E-state index contributed by atoms with van der Waals surface area (Å²) in [6.45, 7) is 22.0. The van der Waals surface area contributed by atoms with Crippen LogP contribution in [0.5, 0.6) is 0 Å². The van der Waals surface area contributed by atoms with E-state index in [-0.39, 0.29) is 0 Å². The first kappa shape index (κ1) is 41.1. The Kier molecular flexibility index (Phi) is 14.9. The summed E-state index contributed by atoms with van der Waals surface area (Å²) in [5.74, 6) is 14.2. The molecule has 304 valence electrons. The van der Waals surface area contributed by atoms with Gasteiger partial charge in [0.1, 0.15) is 0 Å². The van der Waals surface area contributed by atoms with Crippen LogP contribution in [-0.2, 0) is 0 Å². The Hall–Kier alpha value is -1.04. The number of hydrogen-bond donors (Lipinski definition) is 0. The third-order valence-corrected chi connectivity index (χ3v) is 18.1. The van der Waals surface area contributed by atoms with E-state index in [4.69, 9.17) is 0 Å². The van der Waals surface area contributed by atoms with E-state index in [0.29, 0.717) is 0 Å². The van der Waals surface area contributed by atoms with Crippen LogP contribution in [0.25, 0.3) is 0 Å². The number of rotatable bonds is 16. The smallest absolute Gasteiger partial charge is 0.0289 e. The van der Waals surface area contributed by atoms with E-state index < -0.39 is 0 Å². The molecule has 0 bridgehead atoms. The number of fused-ring (bicyclic) bond motifs is 4. The van der Waals surface area contributed by atoms with Crippen LogP contribution in [0.3, 0.4) is 0 Å². The van der Waals surface area contributed by atoms with Crippen LogP contribution >= 0.6 is 0 Å². The van der Waals surface area contributed by atoms with Crippen molar-refractivity contribution >= 4 is 0 Å². The molecule has 0 heterocycles. The summed E-state index contributed by atoms with van der Waals surface area (Å²) < 4.78 is 0. The highest BCUT2D eigenvalue weighted by atomic mass is 14.5. The molecule has 14 atom stereocenters. The molecule has 8 saturated carbocycles. The van der Waals surface area contributed by atoms with Gasteiger partial charge in [0.2, 0.25) is 0 Å². The standard InChI is InChI=1S/C28H46.C26H42/c1-4-5-6-7-22(16-23-8-10-25-12-20(2)14-27(25)18-23)17-24-9-11-26-13-21(3)15-28(26)19-24;1-4-5-6-7-20(16-23-10-8-21-12-18(2)14-25(21)23)17-24-11-9-22-13-19(3)15-26(22)24/h22-28H,2-19H2,1H3;20-26H,2-17H2,1H3/t22?,23-,24?,25?,26?,27+,28+;20?,21?,22?,23-,24?,25-,26-/m00/s1. The maximum absolute atomic E-state index is 4.33. The van der Waals surface area contributed by atoms with Crippen molar-refractivity contribution in [1.82, 2.24) is 0 Å². The van der Waals surface area contributed by atoms with Gasteiger partial charge in [-0.2, -0.15) is 0 Å². The lowest BCUT2D eigenvalue weighted by molar-refractivity contribution is 0.144. The summed E-state index contributed by atoms with van der Waals surface area (Å²) in [6.07, 6.45) is 43.9. The van der Waals surface area contributed by atoms with Gasteiger partial charge in [0.25, 0.3) is 0 Å². The van der Waals surface area contributed by atoms with Crippen LogP contribution < -0.4 is 0 Å². The average Bonchev–Trinajstić information content (AvgIpc) is 3.99. The van der Waals surface area contributed by atoms with Crippen molar-refractivity contribution in [2.45, 2.75) is 206 Å². The molecule has 0 radical (unpaired) electrons. The van der Waals surface area contributed by atoms with Crippen molar-refractivity contribution in [3.05, 3.63) is 48.6 Å². The summed E-state index contributed by atoms with van der Waals surface area (Å²) in [4.78, 5) is 0. The molecule has 0 aromatic carbocycles. The molecule has 0 spiro atoms. The zero-order valence-electron chi connectivity index (χ0n) is 36.1. The predicted octanol–water partition coefficient (Wildman–Crippen LogP) is 16.7. The molecule has 8 rings (SSSR count). The van der Waals surface area contributed by atoms with Crippen molar-refractivity contribution in [3.63, 3.8) is 0 Å². The van der Waals surface area contributed by atoms with Gasteiger partial charge in [-0.25, -0.2) is 0 Å². The Morgan fingerprint density at radius 3 is 1.22 bits per heavy atom. The Morgan fingerprint density at radius 2 is 0.778 bits per heavy atom. The molecular formula is C54H88. The largest absolute Gasteiger partial charge is 0.0998 e. The number of unbranched alkanes of at least 4 members (excludes halogenated alkanes) is 4. The Balaban J connectivity index is 0.000000167. The first-order chi connectivity index (χ1) is 26.2. The highest BCUT2D eigenvalue weighted by molar-refractivity contribution is 5.12. The molecule has 0 heteroatoms. The minimum atomic E-state index is 1.00. The minimum absolute atomic E-state index is 1.00. The minimum Gasteiger partial charge on any atom is -0.0998 e. The molecule has 0 amide bonds. The van der Waals surface area contributed by atoms with Crippen molar-refractivity contribution in [1.29, 1.82) is 0 Å². The van der Waals surface area contributed by atoms with Crippen LogP contribution in [0.2, 0.25) is 0 Å². The van der Waals surface area contributed by atoms with Gasteiger partial charge in [-0.1, -0.05) is 127 Å². The molecule has 0 aliphatic heterocycles. The molecular weight excluding hydrogens is 649 g/mol. The molecule has 8 aliphatic rings. The van der Waals surface area contributed by atoms with Gasteiger partial charge in [0, 0.05) is 0 Å². The van der Waals surface area contributed by atoms with E-state index in [1.54, 1.807) is 48.0 Å². The third-order valence-electron chi connectivity index (χ3n) is 18.1. The fraction of sp³-hybridized carbons (Fsp3) is 0.852. The zero-order chi connectivity index (χ0) is 37.6. The van der Waals surface area contributed by atoms with E-state index in [2.05, 4.69) is 40.2 Å². The first-order valence-corrected chi connectivity index (χ1v) is 24.9. The second-order valence-corrected chi connectivity index (χ2v) is 22.2. The van der Waals surface area contributed by atoms with Gasteiger partial charge in [0.15, 0.2) is 0 Å². The SMILES string of the molecule is C=C1CC2CCC(CC(CCCCC)C[C@@H]3CCC4CC(=C)C[C@@H]43)[C@H]2C1.C=C1CC2CCC(CC(CCCCC)C[C@@H]3CCC4CC(=C)C[C@@H]4C3)C[C@H]2C1. The van der Waals surface area contributed by atoms with Crippen LogP contribution in [0.15, 0.2) is 48.6 Å². The van der Waals surface area contributed by atoms with E-state index in [1.807, 2.05) is 0 Å². The van der Waals surface area contributed by atoms with Gasteiger partial charge in [0.05, 0.1) is 0 Å². The number of hydrogen-bond acceptors (Lipinski definition) is 0. The molecule has 0 N–H and O–H groups in total. The van der Waals surface area contributed by atoms with Crippen molar-refractivity contribution in [2.24, 2.45) is 82.9 Å². The van der Waals surface area contributed by atoms with Gasteiger partial charge >= 0.3 is 0 Å². The average molecular weight is 737 g/mol. The molecule has 54 heavy (non-hydrogen) atoms. The Labute approximate surface area is 336 Å². The molecule has 8 unspecified atom stereocenters. The second kappa shape index (κ2) is 19.6. The quantitative estimate of drug-likeness (QED) is 0.109. The molecule has 0 nitrogen and oxygen atoms in total. The van der Waals surface area contributed by atoms with Crippen molar-refractivity contribution < 1.29 is 0 Å². The number of allylic oxidation sites excluding steroid dienone is 4. The van der Waals surface area contributed by atoms with Gasteiger partial charge < -0.3 is 0 Å². The van der Waals surface area contributed by atoms with E-state index in [1.165, 1.54) is 167 Å². The van der Waals surface area contributed by atoms with E-state index >= 15 is 0 Å². The lowest BCUT2D eigenvalue weighted by Crippen LogP contribution is -2.25. The summed E-state index contributed by atoms with van der Waals surface area (Å²) in [7, 11) is 0. The lowest BCUT2D eigenvalue weighted by Gasteiger charge is -2.37. The van der Waals surface area contributed by atoms with Crippen molar-refractivity contribution in [3.8, 4) is 0 Å². The second-order valence-electron chi connectivity index (χ2n) is 22.2. The molecule has 8 fully saturated rings. The normalized spacial score (nSPS) is 39.6. The molecule has 0 saturated heterocycles. The fourth-order valence-corrected chi connectivity index (χ4v) is 15.6. The lowest BCUT2D eigenvalue weighted by atomic mass is 9.69. The van der Waals surface area contributed by atoms with Crippen LogP contribution in [-0.4, -0.2) is 0 Å². The first-order valence-electron chi connectivity index (χ1n) is 24.9. The Bertz CT molecular complexity index is 1160. The topological polar surface area (TPSA) is 0 Å². The third kappa shape index (κ3) is 10.7. The predicted molar refractivity (Wildman–Crippen MR) is 235 cm³/mol. The highest BCUT2D eigenvalue weighted by Gasteiger charge is 2.44. The van der Waals surface area contributed by atoms with E-state index in [9.17, 15) is 0 Å². The monoisotopic (exact) mass is 737 g/mol. The van der Waals surface area contributed by atoms with Gasteiger partial charge in [-0.05, 0) is 211 Å².